The highest BCUT2D eigenvalue weighted by molar-refractivity contribution is 6.01. The molecule has 0 fully saturated rings. The number of carbonyl (C=O) groups excluding carboxylic acids is 1. The lowest BCUT2D eigenvalue weighted by atomic mass is 10.0. The zero-order valence-corrected chi connectivity index (χ0v) is 13.7. The Bertz CT molecular complexity index is 861. The first kappa shape index (κ1) is 17.3. The third-order valence-corrected chi connectivity index (χ3v) is 3.65. The highest BCUT2D eigenvalue weighted by Crippen LogP contribution is 2.25. The number of ether oxygens (including phenoxy) is 1. The molecule has 0 aliphatic rings. The van der Waals surface area contributed by atoms with Crippen molar-refractivity contribution in [1.82, 2.24) is 4.57 Å². The van der Waals surface area contributed by atoms with Crippen LogP contribution in [-0.2, 0) is 0 Å². The number of rotatable bonds is 5. The van der Waals surface area contributed by atoms with Gasteiger partial charge in [-0.3, -0.25) is 14.2 Å². The van der Waals surface area contributed by atoms with Gasteiger partial charge >= 0.3 is 0 Å². The van der Waals surface area contributed by atoms with Crippen molar-refractivity contribution in [2.24, 2.45) is 0 Å². The minimum atomic E-state index is -0.608. The first-order valence-corrected chi connectivity index (χ1v) is 7.47. The SMILES string of the molecule is Cc1c(C(=O)COc2ccccc2)c(O)n(C(C)C)c(=O)c1C#N. The molecule has 1 heterocycles. The molecule has 0 bridgehead atoms. The van der Waals surface area contributed by atoms with E-state index in [1.807, 2.05) is 12.1 Å². The van der Waals surface area contributed by atoms with E-state index in [1.165, 1.54) is 6.92 Å². The van der Waals surface area contributed by atoms with E-state index in [1.54, 1.807) is 38.1 Å². The number of para-hydroxylation sites is 1. The van der Waals surface area contributed by atoms with Gasteiger partial charge in [-0.05, 0) is 38.5 Å². The molecule has 0 spiro atoms. The molecule has 0 amide bonds. The van der Waals surface area contributed by atoms with Crippen molar-refractivity contribution in [3.8, 4) is 17.7 Å². The lowest BCUT2D eigenvalue weighted by molar-refractivity contribution is 0.0916. The predicted octanol–water partition coefficient (Wildman–Crippen LogP) is 2.58. The fraction of sp³-hybridized carbons (Fsp3) is 0.278. The zero-order chi connectivity index (χ0) is 17.9. The van der Waals surface area contributed by atoms with E-state index in [0.717, 1.165) is 4.57 Å². The minimum Gasteiger partial charge on any atom is -0.494 e. The number of hydrogen-bond acceptors (Lipinski definition) is 5. The van der Waals surface area contributed by atoms with Gasteiger partial charge in [-0.25, -0.2) is 0 Å². The monoisotopic (exact) mass is 326 g/mol. The quantitative estimate of drug-likeness (QED) is 0.853. The summed E-state index contributed by atoms with van der Waals surface area (Å²) in [7, 11) is 0. The van der Waals surface area contributed by atoms with E-state index in [4.69, 9.17) is 4.74 Å². The number of aromatic hydroxyl groups is 1. The number of ketones is 1. The summed E-state index contributed by atoms with van der Waals surface area (Å²) in [6.07, 6.45) is 0. The third-order valence-electron chi connectivity index (χ3n) is 3.65. The van der Waals surface area contributed by atoms with Crippen molar-refractivity contribution in [2.45, 2.75) is 26.8 Å². The Kier molecular flexibility index (Phi) is 5.05. The van der Waals surface area contributed by atoms with Crippen molar-refractivity contribution < 1.29 is 14.6 Å². The van der Waals surface area contributed by atoms with Crippen LogP contribution in [0.2, 0.25) is 0 Å². The molecule has 24 heavy (non-hydrogen) atoms. The van der Waals surface area contributed by atoms with Gasteiger partial charge in [0, 0.05) is 6.04 Å². The molecule has 6 heteroatoms. The van der Waals surface area contributed by atoms with E-state index >= 15 is 0 Å². The molecule has 2 rings (SSSR count). The molecule has 0 aliphatic heterocycles. The maximum absolute atomic E-state index is 12.5. The molecule has 1 aromatic carbocycles. The Balaban J connectivity index is 2.46. The Morgan fingerprint density at radius 2 is 1.96 bits per heavy atom. The molecule has 0 saturated heterocycles. The number of benzene rings is 1. The Labute approximate surface area is 139 Å². The van der Waals surface area contributed by atoms with Gasteiger partial charge in [0.15, 0.2) is 6.61 Å². The van der Waals surface area contributed by atoms with Crippen LogP contribution < -0.4 is 10.3 Å². The molecule has 1 N–H and O–H groups in total. The van der Waals surface area contributed by atoms with Crippen molar-refractivity contribution in [3.05, 3.63) is 57.4 Å². The van der Waals surface area contributed by atoms with Gasteiger partial charge in [0.2, 0.25) is 11.7 Å². The summed E-state index contributed by atoms with van der Waals surface area (Å²) in [5.74, 6) is -0.423. The smallest absolute Gasteiger partial charge is 0.271 e. The number of pyridine rings is 1. The zero-order valence-electron chi connectivity index (χ0n) is 13.7. The molecule has 0 unspecified atom stereocenters. The second kappa shape index (κ2) is 7.01. The van der Waals surface area contributed by atoms with Gasteiger partial charge < -0.3 is 9.84 Å². The summed E-state index contributed by atoms with van der Waals surface area (Å²) in [4.78, 5) is 24.8. The van der Waals surface area contributed by atoms with Gasteiger partial charge in [0.1, 0.15) is 17.4 Å². The average molecular weight is 326 g/mol. The summed E-state index contributed by atoms with van der Waals surface area (Å²) < 4.78 is 6.45. The highest BCUT2D eigenvalue weighted by Gasteiger charge is 2.25. The molecule has 124 valence electrons. The van der Waals surface area contributed by atoms with Gasteiger partial charge in [-0.2, -0.15) is 5.26 Å². The van der Waals surface area contributed by atoms with Crippen LogP contribution in [0.5, 0.6) is 11.6 Å². The summed E-state index contributed by atoms with van der Waals surface area (Å²) >= 11 is 0. The van der Waals surface area contributed by atoms with Crippen LogP contribution in [0.3, 0.4) is 0 Å². The van der Waals surface area contributed by atoms with Gasteiger partial charge in [-0.1, -0.05) is 18.2 Å². The number of nitriles is 1. The summed E-state index contributed by atoms with van der Waals surface area (Å²) in [6.45, 7) is 4.54. The number of nitrogens with zero attached hydrogens (tertiary/aromatic N) is 2. The van der Waals surface area contributed by atoms with Gasteiger partial charge in [0.25, 0.3) is 5.56 Å². The van der Waals surface area contributed by atoms with Crippen molar-refractivity contribution in [2.75, 3.05) is 6.61 Å². The van der Waals surface area contributed by atoms with E-state index in [-0.39, 0.29) is 23.3 Å². The number of carbonyl (C=O) groups is 1. The average Bonchev–Trinajstić information content (AvgIpc) is 2.53. The van der Waals surface area contributed by atoms with Crippen LogP contribution in [0.4, 0.5) is 0 Å². The molecule has 1 aromatic heterocycles. The lowest BCUT2D eigenvalue weighted by Gasteiger charge is -2.18. The van der Waals surface area contributed by atoms with Crippen LogP contribution in [0.25, 0.3) is 0 Å². The predicted molar refractivity (Wildman–Crippen MR) is 88.5 cm³/mol. The third kappa shape index (κ3) is 3.15. The Morgan fingerprint density at radius 3 is 2.50 bits per heavy atom. The molecule has 6 nitrogen and oxygen atoms in total. The number of hydrogen-bond donors (Lipinski definition) is 1. The summed E-state index contributed by atoms with van der Waals surface area (Å²) in [6, 6.07) is 10.2. The first-order valence-electron chi connectivity index (χ1n) is 7.47. The standard InChI is InChI=1S/C18H18N2O4/c1-11(2)20-17(22)14(9-19)12(3)16(18(20)23)15(21)10-24-13-7-5-4-6-8-13/h4-8,11,23H,10H2,1-3H3. The van der Waals surface area contributed by atoms with Crippen LogP contribution >= 0.6 is 0 Å². The van der Waals surface area contributed by atoms with Crippen molar-refractivity contribution >= 4 is 5.78 Å². The molecular formula is C18H18N2O4. The normalized spacial score (nSPS) is 10.5. The fourth-order valence-electron chi connectivity index (χ4n) is 2.47. The molecule has 0 saturated carbocycles. The second-order valence-corrected chi connectivity index (χ2v) is 5.60. The molecule has 0 atom stereocenters. The highest BCUT2D eigenvalue weighted by atomic mass is 16.5. The maximum atomic E-state index is 12.5. The Morgan fingerprint density at radius 1 is 1.33 bits per heavy atom. The number of Topliss-reactive ketones (excluding diaryl/α,β-unsaturated/α-hetero) is 1. The first-order chi connectivity index (χ1) is 11.4. The summed E-state index contributed by atoms with van der Waals surface area (Å²) in [5, 5.41) is 19.6. The van der Waals surface area contributed by atoms with Gasteiger partial charge in [0.05, 0.1) is 5.56 Å². The van der Waals surface area contributed by atoms with Crippen LogP contribution in [0.15, 0.2) is 35.1 Å². The Hall–Kier alpha value is -3.07. The molecule has 2 aromatic rings. The lowest BCUT2D eigenvalue weighted by Crippen LogP contribution is -2.28. The molecule has 0 radical (unpaired) electrons. The topological polar surface area (TPSA) is 92.3 Å². The van der Waals surface area contributed by atoms with Crippen LogP contribution in [0, 0.1) is 18.3 Å². The van der Waals surface area contributed by atoms with E-state index in [9.17, 15) is 20.0 Å². The molecular weight excluding hydrogens is 308 g/mol. The van der Waals surface area contributed by atoms with E-state index in [0.29, 0.717) is 5.75 Å². The maximum Gasteiger partial charge on any atom is 0.271 e. The molecule has 0 aliphatic carbocycles. The van der Waals surface area contributed by atoms with Gasteiger partial charge in [-0.15, -0.1) is 0 Å². The van der Waals surface area contributed by atoms with Crippen molar-refractivity contribution in [3.63, 3.8) is 0 Å². The minimum absolute atomic E-state index is 0.0595. The largest absolute Gasteiger partial charge is 0.494 e. The van der Waals surface area contributed by atoms with Crippen molar-refractivity contribution in [1.29, 1.82) is 5.26 Å². The van der Waals surface area contributed by atoms with E-state index < -0.39 is 23.3 Å². The second-order valence-electron chi connectivity index (χ2n) is 5.60. The van der Waals surface area contributed by atoms with E-state index in [2.05, 4.69) is 0 Å². The summed E-state index contributed by atoms with van der Waals surface area (Å²) in [5.41, 5.74) is -0.651. The van der Waals surface area contributed by atoms with Crippen LogP contribution in [-0.4, -0.2) is 22.1 Å². The fourth-order valence-corrected chi connectivity index (χ4v) is 2.47. The number of aromatic nitrogens is 1. The van der Waals surface area contributed by atoms with Crippen LogP contribution in [0.1, 0.15) is 41.4 Å².